The zero-order chi connectivity index (χ0) is 11.1. The Kier molecular flexibility index (Phi) is 4.01. The van der Waals surface area contributed by atoms with Gasteiger partial charge in [0.05, 0.1) is 0 Å². The van der Waals surface area contributed by atoms with Gasteiger partial charge in [-0.2, -0.15) is 26.3 Å². The molecule has 0 spiro atoms. The van der Waals surface area contributed by atoms with Gasteiger partial charge in [0.15, 0.2) is 0 Å². The maximum absolute atomic E-state index is 11.9. The van der Waals surface area contributed by atoms with Crippen molar-refractivity contribution >= 4 is 43.5 Å². The van der Waals surface area contributed by atoms with Gasteiger partial charge < -0.3 is 0 Å². The Bertz CT molecular complexity index is 184. The number of halogens is 9. The zero-order valence-electron chi connectivity index (χ0n) is 5.48. The Morgan fingerprint density at radius 1 is 1.00 bits per heavy atom. The molecule has 9 heteroatoms. The molecule has 13 heavy (non-hydrogen) atoms. The summed E-state index contributed by atoms with van der Waals surface area (Å²) in [5.74, 6) is 0. The molecule has 0 rings (SSSR count). The first-order chi connectivity index (χ1) is 5.40. The second kappa shape index (κ2) is 3.77. The van der Waals surface area contributed by atoms with Crippen molar-refractivity contribution in [1.29, 1.82) is 0 Å². The monoisotopic (exact) mass is 356 g/mol. The summed E-state index contributed by atoms with van der Waals surface area (Å²) in [7, 11) is 0. The van der Waals surface area contributed by atoms with E-state index in [9.17, 15) is 26.3 Å². The van der Waals surface area contributed by atoms with Crippen LogP contribution in [0.2, 0.25) is 0 Å². The van der Waals surface area contributed by atoms with Crippen molar-refractivity contribution in [2.45, 2.75) is 21.0 Å². The molecule has 0 aliphatic carbocycles. The summed E-state index contributed by atoms with van der Waals surface area (Å²) in [5, 5.41) is 0. The second-order valence-corrected chi connectivity index (χ2v) is 5.24. The van der Waals surface area contributed by atoms with Crippen molar-refractivity contribution in [2.24, 2.45) is 0 Å². The third kappa shape index (κ3) is 3.16. The summed E-state index contributed by atoms with van der Waals surface area (Å²) < 4.78 is 67.6. The minimum Gasteiger partial charge on any atom is -0.170 e. The van der Waals surface area contributed by atoms with E-state index in [-0.39, 0.29) is 0 Å². The van der Waals surface area contributed by atoms with Crippen molar-refractivity contribution in [1.82, 2.24) is 0 Å². The molecule has 2 unspecified atom stereocenters. The molecule has 0 bridgehead atoms. The topological polar surface area (TPSA) is 0 Å². The first-order valence-corrected chi connectivity index (χ1v) is 4.64. The molecule has 0 radical (unpaired) electrons. The third-order valence-electron chi connectivity index (χ3n) is 0.984. The largest absolute Gasteiger partial charge is 0.418 e. The average Bonchev–Trinajstić information content (AvgIpc) is 1.81. The molecule has 0 saturated heterocycles. The molecule has 2 atom stereocenters. The van der Waals surface area contributed by atoms with E-state index < -0.39 is 21.0 Å². The van der Waals surface area contributed by atoms with Gasteiger partial charge >= 0.3 is 12.4 Å². The lowest BCUT2D eigenvalue weighted by molar-refractivity contribution is -0.179. The maximum atomic E-state index is 11.9. The molecule has 0 aliphatic heterocycles. The number of hydrogen-bond acceptors (Lipinski definition) is 0. The summed E-state index contributed by atoms with van der Waals surface area (Å²) in [6.45, 7) is 0. The average molecular weight is 358 g/mol. The van der Waals surface area contributed by atoms with Gasteiger partial charge in [0.1, 0.15) is 4.83 Å². The molecule has 0 saturated carbocycles. The maximum Gasteiger partial charge on any atom is 0.418 e. The van der Waals surface area contributed by atoms with Crippen LogP contribution in [0.1, 0.15) is 0 Å². The molecule has 0 nitrogen and oxygen atoms in total. The molecule has 0 amide bonds. The fraction of sp³-hybridized carbons (Fsp3) is 1.00. The molecular formula is C4HBr2ClF6. The van der Waals surface area contributed by atoms with Gasteiger partial charge in [0.25, 0.3) is 0 Å². The van der Waals surface area contributed by atoms with E-state index in [1.165, 1.54) is 0 Å². The van der Waals surface area contributed by atoms with Gasteiger partial charge in [0.2, 0.25) is 3.78 Å². The van der Waals surface area contributed by atoms with Crippen molar-refractivity contribution < 1.29 is 26.3 Å². The van der Waals surface area contributed by atoms with Crippen LogP contribution >= 0.6 is 43.5 Å². The van der Waals surface area contributed by atoms with Crippen LogP contribution in [0.5, 0.6) is 0 Å². The zero-order valence-corrected chi connectivity index (χ0v) is 9.41. The lowest BCUT2D eigenvalue weighted by atomic mass is 10.3. The van der Waals surface area contributed by atoms with Gasteiger partial charge in [-0.1, -0.05) is 43.5 Å². The quantitative estimate of drug-likeness (QED) is 0.487. The number of rotatable bonds is 1. The van der Waals surface area contributed by atoms with E-state index in [1.54, 1.807) is 15.9 Å². The molecule has 0 aromatic rings. The fourth-order valence-electron chi connectivity index (χ4n) is 0.349. The Balaban J connectivity index is 4.86. The molecular weight excluding hydrogens is 357 g/mol. The highest BCUT2D eigenvalue weighted by Gasteiger charge is 2.64. The van der Waals surface area contributed by atoms with Crippen LogP contribution in [0.15, 0.2) is 0 Å². The van der Waals surface area contributed by atoms with Gasteiger partial charge in [-0.3, -0.25) is 0 Å². The van der Waals surface area contributed by atoms with Crippen LogP contribution in [-0.2, 0) is 0 Å². The van der Waals surface area contributed by atoms with Gasteiger partial charge in [-0.25, -0.2) is 0 Å². The van der Waals surface area contributed by atoms with Crippen LogP contribution in [0, 0.1) is 0 Å². The van der Waals surface area contributed by atoms with Gasteiger partial charge in [-0.05, 0) is 0 Å². The van der Waals surface area contributed by atoms with Crippen molar-refractivity contribution in [2.75, 3.05) is 0 Å². The highest BCUT2D eigenvalue weighted by Crippen LogP contribution is 2.51. The van der Waals surface area contributed by atoms with Gasteiger partial charge in [-0.15, -0.1) is 0 Å². The van der Waals surface area contributed by atoms with E-state index in [0.29, 0.717) is 0 Å². The normalized spacial score (nSPS) is 21.0. The molecule has 0 N–H and O–H groups in total. The Morgan fingerprint density at radius 3 is 1.38 bits per heavy atom. The molecule has 0 fully saturated rings. The summed E-state index contributed by atoms with van der Waals surface area (Å²) in [5.41, 5.74) is 0. The standard InChI is InChI=1S/C4HBr2ClF6/c5-1(3(8,9)10)2(6,7)4(11,12)13/h1H. The van der Waals surface area contributed by atoms with Crippen molar-refractivity contribution in [3.8, 4) is 0 Å². The molecule has 0 aromatic carbocycles. The van der Waals surface area contributed by atoms with Crippen LogP contribution < -0.4 is 0 Å². The SMILES string of the molecule is FC(F)(F)C(Br)C(Cl)(Br)C(F)(F)F. The van der Waals surface area contributed by atoms with Crippen molar-refractivity contribution in [3.05, 3.63) is 0 Å². The second-order valence-electron chi connectivity index (χ2n) is 2.02. The van der Waals surface area contributed by atoms with Gasteiger partial charge in [0, 0.05) is 0 Å². The summed E-state index contributed by atoms with van der Waals surface area (Å²) in [6, 6.07) is 0. The fourth-order valence-corrected chi connectivity index (χ4v) is 0.992. The Hall–Kier alpha value is 0.830. The first kappa shape index (κ1) is 13.8. The molecule has 0 aliphatic rings. The summed E-state index contributed by atoms with van der Waals surface area (Å²) in [6.07, 6.45) is -10.3. The van der Waals surface area contributed by atoms with E-state index in [1.807, 2.05) is 15.9 Å². The number of hydrogen-bond donors (Lipinski definition) is 0. The highest BCUT2D eigenvalue weighted by atomic mass is 79.9. The van der Waals surface area contributed by atoms with Crippen LogP contribution in [0.25, 0.3) is 0 Å². The lowest BCUT2D eigenvalue weighted by Crippen LogP contribution is -2.48. The predicted octanol–water partition coefficient (Wildman–Crippen LogP) is 4.20. The van der Waals surface area contributed by atoms with E-state index in [0.717, 1.165) is 0 Å². The third-order valence-corrected chi connectivity index (χ3v) is 4.41. The molecule has 0 heterocycles. The Morgan fingerprint density at radius 2 is 1.31 bits per heavy atom. The summed E-state index contributed by atoms with van der Waals surface area (Å²) >= 11 is 8.28. The van der Waals surface area contributed by atoms with E-state index >= 15 is 0 Å². The predicted molar refractivity (Wildman–Crippen MR) is 42.3 cm³/mol. The minimum absolute atomic E-state index is 1.78. The van der Waals surface area contributed by atoms with Crippen LogP contribution in [0.4, 0.5) is 26.3 Å². The Labute approximate surface area is 90.9 Å². The molecule has 80 valence electrons. The van der Waals surface area contributed by atoms with Crippen molar-refractivity contribution in [3.63, 3.8) is 0 Å². The van der Waals surface area contributed by atoms with Crippen LogP contribution in [-0.4, -0.2) is 21.0 Å². The lowest BCUT2D eigenvalue weighted by Gasteiger charge is -2.29. The summed E-state index contributed by atoms with van der Waals surface area (Å²) in [4.78, 5) is -2.91. The number of alkyl halides is 9. The van der Waals surface area contributed by atoms with Crippen LogP contribution in [0.3, 0.4) is 0 Å². The molecule has 0 aromatic heterocycles. The smallest absolute Gasteiger partial charge is 0.170 e. The van der Waals surface area contributed by atoms with E-state index in [4.69, 9.17) is 0 Å². The van der Waals surface area contributed by atoms with E-state index in [2.05, 4.69) is 11.6 Å². The highest BCUT2D eigenvalue weighted by molar-refractivity contribution is 9.13. The first-order valence-electron chi connectivity index (χ1n) is 2.56. The minimum atomic E-state index is -5.21.